The van der Waals surface area contributed by atoms with Gasteiger partial charge in [-0.15, -0.1) is 0 Å². The second kappa shape index (κ2) is 5.04. The molecule has 2 rings (SSSR count). The number of nitrogens with zero attached hydrogens (tertiary/aromatic N) is 2. The highest BCUT2D eigenvalue weighted by Crippen LogP contribution is 2.33. The Kier molecular flexibility index (Phi) is 3.46. The Bertz CT molecular complexity index is 550. The van der Waals surface area contributed by atoms with Crippen LogP contribution >= 0.6 is 0 Å². The molecule has 1 aromatic heterocycles. The minimum atomic E-state index is 0.613. The lowest BCUT2D eigenvalue weighted by Crippen LogP contribution is -1.97. The van der Waals surface area contributed by atoms with E-state index in [0.29, 0.717) is 5.95 Å². The number of anilines is 1. The molecule has 0 spiro atoms. The minimum Gasteiger partial charge on any atom is -0.496 e. The quantitative estimate of drug-likeness (QED) is 0.900. The van der Waals surface area contributed by atoms with Crippen molar-refractivity contribution in [2.45, 2.75) is 13.8 Å². The first kappa shape index (κ1) is 12.4. The van der Waals surface area contributed by atoms with Gasteiger partial charge in [0.15, 0.2) is 0 Å². The first-order valence-electron chi connectivity index (χ1n) is 5.81. The third-order valence-corrected chi connectivity index (χ3v) is 2.83. The molecule has 0 atom stereocenters. The Morgan fingerprint density at radius 2 is 1.78 bits per heavy atom. The minimum absolute atomic E-state index is 0.613. The molecule has 0 fully saturated rings. The summed E-state index contributed by atoms with van der Waals surface area (Å²) in [6.07, 6.45) is 3.61. The Hall–Kier alpha value is -2.10. The number of rotatable bonds is 3. The molecular weight excluding hydrogens is 226 g/mol. The number of methoxy groups -OCH3 is 1. The van der Waals surface area contributed by atoms with Gasteiger partial charge in [0.25, 0.3) is 0 Å². The van der Waals surface area contributed by atoms with Crippen molar-refractivity contribution < 1.29 is 4.74 Å². The van der Waals surface area contributed by atoms with Gasteiger partial charge in [0.05, 0.1) is 7.11 Å². The molecule has 94 valence electrons. The van der Waals surface area contributed by atoms with Crippen LogP contribution in [0.4, 0.5) is 5.95 Å². The number of ether oxygens (including phenoxy) is 1. The monoisotopic (exact) mass is 243 g/mol. The van der Waals surface area contributed by atoms with Crippen LogP contribution in [0.3, 0.4) is 0 Å². The fourth-order valence-corrected chi connectivity index (χ4v) is 2.05. The Morgan fingerprint density at radius 3 is 2.33 bits per heavy atom. The number of hydrogen-bond acceptors (Lipinski definition) is 4. The smallest absolute Gasteiger partial charge is 0.222 e. The zero-order chi connectivity index (χ0) is 13.1. The molecule has 0 saturated carbocycles. The van der Waals surface area contributed by atoms with Crippen LogP contribution in [-0.4, -0.2) is 24.1 Å². The summed E-state index contributed by atoms with van der Waals surface area (Å²) in [5.41, 5.74) is 4.35. The van der Waals surface area contributed by atoms with Crippen LogP contribution in [0, 0.1) is 13.8 Å². The molecule has 1 heterocycles. The highest BCUT2D eigenvalue weighted by Gasteiger charge is 2.11. The van der Waals surface area contributed by atoms with Crippen LogP contribution in [0.15, 0.2) is 24.5 Å². The van der Waals surface area contributed by atoms with Gasteiger partial charge in [-0.2, -0.15) is 0 Å². The van der Waals surface area contributed by atoms with Gasteiger partial charge >= 0.3 is 0 Å². The lowest BCUT2D eigenvalue weighted by Gasteiger charge is -2.13. The lowest BCUT2D eigenvalue weighted by molar-refractivity contribution is 0.416. The molecule has 0 aliphatic heterocycles. The molecule has 0 aliphatic rings. The summed E-state index contributed by atoms with van der Waals surface area (Å²) in [5, 5.41) is 2.90. The van der Waals surface area contributed by atoms with Gasteiger partial charge in [-0.25, -0.2) is 9.97 Å². The van der Waals surface area contributed by atoms with Gasteiger partial charge in [-0.3, -0.25) is 0 Å². The van der Waals surface area contributed by atoms with Crippen LogP contribution in [-0.2, 0) is 0 Å². The van der Waals surface area contributed by atoms with E-state index in [1.165, 1.54) is 5.56 Å². The van der Waals surface area contributed by atoms with Crippen molar-refractivity contribution in [3.05, 3.63) is 35.7 Å². The maximum absolute atomic E-state index is 5.45. The van der Waals surface area contributed by atoms with E-state index in [1.807, 2.05) is 6.07 Å². The maximum atomic E-state index is 5.45. The van der Waals surface area contributed by atoms with E-state index in [0.717, 1.165) is 22.4 Å². The highest BCUT2D eigenvalue weighted by molar-refractivity contribution is 5.73. The van der Waals surface area contributed by atoms with Gasteiger partial charge < -0.3 is 10.1 Å². The summed E-state index contributed by atoms with van der Waals surface area (Å²) in [5.74, 6) is 1.47. The van der Waals surface area contributed by atoms with E-state index in [9.17, 15) is 0 Å². The van der Waals surface area contributed by atoms with E-state index in [1.54, 1.807) is 26.6 Å². The lowest BCUT2D eigenvalue weighted by atomic mass is 9.99. The summed E-state index contributed by atoms with van der Waals surface area (Å²) in [6, 6.07) is 4.15. The van der Waals surface area contributed by atoms with Crippen molar-refractivity contribution in [2.24, 2.45) is 0 Å². The summed E-state index contributed by atoms with van der Waals surface area (Å²) in [7, 11) is 3.48. The first-order chi connectivity index (χ1) is 8.65. The molecule has 0 unspecified atom stereocenters. The van der Waals surface area contributed by atoms with Crippen LogP contribution in [0.5, 0.6) is 5.75 Å². The van der Waals surface area contributed by atoms with E-state index in [2.05, 4.69) is 35.2 Å². The van der Waals surface area contributed by atoms with Gasteiger partial charge in [-0.05, 0) is 31.0 Å². The molecule has 18 heavy (non-hydrogen) atoms. The number of benzene rings is 1. The Morgan fingerprint density at radius 1 is 1.11 bits per heavy atom. The standard InChI is InChI=1S/C14H17N3O/c1-9-5-10(2)13(12(6-9)18-4)11-7-16-14(15-3)17-8-11/h5-8H,1-4H3,(H,15,16,17). The van der Waals surface area contributed by atoms with Gasteiger partial charge in [0.2, 0.25) is 5.95 Å². The summed E-state index contributed by atoms with van der Waals surface area (Å²) >= 11 is 0. The molecule has 0 aliphatic carbocycles. The molecular formula is C14H17N3O. The molecule has 4 nitrogen and oxygen atoms in total. The third-order valence-electron chi connectivity index (χ3n) is 2.83. The number of nitrogens with one attached hydrogen (secondary N) is 1. The number of aromatic nitrogens is 2. The summed E-state index contributed by atoms with van der Waals surface area (Å²) < 4.78 is 5.45. The zero-order valence-electron chi connectivity index (χ0n) is 11.1. The topological polar surface area (TPSA) is 47.0 Å². The first-order valence-corrected chi connectivity index (χ1v) is 5.81. The summed E-state index contributed by atoms with van der Waals surface area (Å²) in [4.78, 5) is 8.47. The van der Waals surface area contributed by atoms with Gasteiger partial charge in [0, 0.05) is 30.6 Å². The van der Waals surface area contributed by atoms with Crippen LogP contribution in [0.25, 0.3) is 11.1 Å². The van der Waals surface area contributed by atoms with E-state index in [-0.39, 0.29) is 0 Å². The van der Waals surface area contributed by atoms with Gasteiger partial charge in [-0.1, -0.05) is 6.07 Å². The van der Waals surface area contributed by atoms with E-state index < -0.39 is 0 Å². The Balaban J connectivity index is 2.55. The largest absolute Gasteiger partial charge is 0.496 e. The van der Waals surface area contributed by atoms with Crippen LogP contribution in [0.1, 0.15) is 11.1 Å². The van der Waals surface area contributed by atoms with Crippen molar-refractivity contribution in [1.29, 1.82) is 0 Å². The highest BCUT2D eigenvalue weighted by atomic mass is 16.5. The fraction of sp³-hybridized carbons (Fsp3) is 0.286. The SMILES string of the molecule is CNc1ncc(-c2c(C)cc(C)cc2OC)cn1. The van der Waals surface area contributed by atoms with Crippen molar-refractivity contribution in [3.8, 4) is 16.9 Å². The van der Waals surface area contributed by atoms with Crippen LogP contribution < -0.4 is 10.1 Å². The second-order valence-electron chi connectivity index (χ2n) is 4.20. The molecule has 4 heteroatoms. The van der Waals surface area contributed by atoms with E-state index >= 15 is 0 Å². The van der Waals surface area contributed by atoms with Crippen molar-refractivity contribution in [2.75, 3.05) is 19.5 Å². The maximum Gasteiger partial charge on any atom is 0.222 e. The molecule has 2 aromatic rings. The molecule has 0 saturated heterocycles. The second-order valence-corrected chi connectivity index (χ2v) is 4.20. The predicted octanol–water partition coefficient (Wildman–Crippen LogP) is 2.81. The molecule has 0 radical (unpaired) electrons. The van der Waals surface area contributed by atoms with Crippen LogP contribution in [0.2, 0.25) is 0 Å². The average Bonchev–Trinajstić information content (AvgIpc) is 2.38. The fourth-order valence-electron chi connectivity index (χ4n) is 2.05. The molecule has 0 bridgehead atoms. The third kappa shape index (κ3) is 2.27. The van der Waals surface area contributed by atoms with Crippen molar-refractivity contribution >= 4 is 5.95 Å². The average molecular weight is 243 g/mol. The van der Waals surface area contributed by atoms with E-state index in [4.69, 9.17) is 4.74 Å². The Labute approximate surface area is 107 Å². The normalized spacial score (nSPS) is 10.2. The van der Waals surface area contributed by atoms with Gasteiger partial charge in [0.1, 0.15) is 5.75 Å². The number of aryl methyl sites for hydroxylation is 2. The predicted molar refractivity (Wildman–Crippen MR) is 73.0 cm³/mol. The van der Waals surface area contributed by atoms with Crippen molar-refractivity contribution in [1.82, 2.24) is 9.97 Å². The molecule has 1 N–H and O–H groups in total. The molecule has 0 amide bonds. The zero-order valence-corrected chi connectivity index (χ0v) is 11.1. The van der Waals surface area contributed by atoms with Crippen molar-refractivity contribution in [3.63, 3.8) is 0 Å². The molecule has 1 aromatic carbocycles. The summed E-state index contributed by atoms with van der Waals surface area (Å²) in [6.45, 7) is 4.12. The number of hydrogen-bond donors (Lipinski definition) is 1.